The minimum atomic E-state index is -3.87. The average molecular weight is 409 g/mol. The molecule has 0 saturated carbocycles. The molecule has 2 heterocycles. The Balaban J connectivity index is 1.73. The molecule has 152 valence electrons. The molecule has 1 aromatic heterocycles. The van der Waals surface area contributed by atoms with Gasteiger partial charge in [0.2, 0.25) is 21.9 Å². The summed E-state index contributed by atoms with van der Waals surface area (Å²) in [5, 5.41) is 0. The first-order valence-electron chi connectivity index (χ1n) is 8.87. The van der Waals surface area contributed by atoms with Gasteiger partial charge in [0.1, 0.15) is 10.7 Å². The molecule has 0 radical (unpaired) electrons. The van der Waals surface area contributed by atoms with Crippen molar-refractivity contribution in [2.24, 2.45) is 0 Å². The summed E-state index contributed by atoms with van der Waals surface area (Å²) in [6.07, 6.45) is 0. The van der Waals surface area contributed by atoms with E-state index < -0.39 is 15.8 Å². The van der Waals surface area contributed by atoms with Crippen molar-refractivity contribution in [3.8, 4) is 0 Å². The number of aromatic nitrogens is 3. The van der Waals surface area contributed by atoms with Crippen molar-refractivity contribution in [3.63, 3.8) is 0 Å². The van der Waals surface area contributed by atoms with E-state index in [-0.39, 0.29) is 30.0 Å². The second kappa shape index (κ2) is 7.94. The van der Waals surface area contributed by atoms with Crippen molar-refractivity contribution in [1.82, 2.24) is 24.2 Å². The molecule has 0 amide bonds. The molecule has 1 atom stereocenters. The number of benzene rings is 1. The second-order valence-corrected chi connectivity index (χ2v) is 8.70. The SMILES string of the molecule is C[C@H](c1nc(N)nc(N(C)C)n1)N1CCN(S(=O)(=O)c2ccccc2F)CC1. The number of halogens is 1. The van der Waals surface area contributed by atoms with E-state index in [0.29, 0.717) is 24.9 Å². The number of piperazine rings is 1. The lowest BCUT2D eigenvalue weighted by Crippen LogP contribution is -2.49. The van der Waals surface area contributed by atoms with Crippen molar-refractivity contribution >= 4 is 21.9 Å². The van der Waals surface area contributed by atoms with E-state index in [1.165, 1.54) is 22.5 Å². The van der Waals surface area contributed by atoms with E-state index in [9.17, 15) is 12.8 Å². The van der Waals surface area contributed by atoms with Crippen LogP contribution in [0, 0.1) is 5.82 Å². The summed E-state index contributed by atoms with van der Waals surface area (Å²) in [6, 6.07) is 5.26. The lowest BCUT2D eigenvalue weighted by molar-refractivity contribution is 0.141. The molecule has 1 aliphatic rings. The maximum absolute atomic E-state index is 14.0. The maximum atomic E-state index is 14.0. The smallest absolute Gasteiger partial charge is 0.246 e. The first-order chi connectivity index (χ1) is 13.2. The van der Waals surface area contributed by atoms with E-state index in [2.05, 4.69) is 19.9 Å². The summed E-state index contributed by atoms with van der Waals surface area (Å²) in [5.74, 6) is 0.396. The minimum Gasteiger partial charge on any atom is -0.368 e. The quantitative estimate of drug-likeness (QED) is 0.770. The monoisotopic (exact) mass is 409 g/mol. The van der Waals surface area contributed by atoms with Gasteiger partial charge in [0.15, 0.2) is 5.82 Å². The fourth-order valence-electron chi connectivity index (χ4n) is 3.07. The molecule has 1 aromatic carbocycles. The highest BCUT2D eigenvalue weighted by Gasteiger charge is 2.32. The summed E-state index contributed by atoms with van der Waals surface area (Å²) < 4.78 is 40.7. The highest BCUT2D eigenvalue weighted by molar-refractivity contribution is 7.89. The number of hydrogen-bond donors (Lipinski definition) is 1. The van der Waals surface area contributed by atoms with Crippen LogP contribution in [0.5, 0.6) is 0 Å². The Morgan fingerprint density at radius 1 is 1.11 bits per heavy atom. The molecular weight excluding hydrogens is 385 g/mol. The lowest BCUT2D eigenvalue weighted by atomic mass is 10.2. The molecule has 0 spiro atoms. The number of anilines is 2. The molecule has 2 aromatic rings. The molecule has 0 bridgehead atoms. The van der Waals surface area contributed by atoms with Crippen LogP contribution >= 0.6 is 0 Å². The van der Waals surface area contributed by atoms with Crippen LogP contribution in [0.3, 0.4) is 0 Å². The van der Waals surface area contributed by atoms with E-state index in [0.717, 1.165) is 6.07 Å². The van der Waals surface area contributed by atoms with Gasteiger partial charge in [-0.3, -0.25) is 4.90 Å². The summed E-state index contributed by atoms with van der Waals surface area (Å²) >= 11 is 0. The van der Waals surface area contributed by atoms with Crippen molar-refractivity contribution in [2.75, 3.05) is 50.9 Å². The van der Waals surface area contributed by atoms with Crippen molar-refractivity contribution < 1.29 is 12.8 Å². The van der Waals surface area contributed by atoms with E-state index in [1.54, 1.807) is 4.90 Å². The minimum absolute atomic E-state index is 0.140. The molecule has 0 unspecified atom stereocenters. The van der Waals surface area contributed by atoms with Gasteiger partial charge in [-0.25, -0.2) is 12.8 Å². The van der Waals surface area contributed by atoms with Gasteiger partial charge >= 0.3 is 0 Å². The molecule has 9 nitrogen and oxygen atoms in total. The highest BCUT2D eigenvalue weighted by atomic mass is 32.2. The van der Waals surface area contributed by atoms with Crippen molar-refractivity contribution in [2.45, 2.75) is 17.9 Å². The standard InChI is InChI=1S/C17H24FN7O2S/c1-12(15-20-16(19)22-17(21-15)23(2)3)24-8-10-25(11-9-24)28(26,27)14-7-5-4-6-13(14)18/h4-7,12H,8-11H2,1-3H3,(H2,19,20,21,22)/t12-/m1/s1. The number of nitrogens with zero attached hydrogens (tertiary/aromatic N) is 6. The number of sulfonamides is 1. The van der Waals surface area contributed by atoms with Crippen LogP contribution in [0.25, 0.3) is 0 Å². The number of hydrogen-bond acceptors (Lipinski definition) is 8. The zero-order chi connectivity index (χ0) is 20.5. The Labute approximate surface area is 164 Å². The lowest BCUT2D eigenvalue weighted by Gasteiger charge is -2.36. The third-order valence-electron chi connectivity index (χ3n) is 4.71. The number of nitrogen functional groups attached to an aromatic ring is 1. The largest absolute Gasteiger partial charge is 0.368 e. The Hall–Kier alpha value is -2.37. The van der Waals surface area contributed by atoms with Gasteiger partial charge < -0.3 is 10.6 Å². The van der Waals surface area contributed by atoms with Crippen LogP contribution in [0.1, 0.15) is 18.8 Å². The van der Waals surface area contributed by atoms with Gasteiger partial charge in [-0.1, -0.05) is 12.1 Å². The number of rotatable bonds is 5. The van der Waals surface area contributed by atoms with Crippen LogP contribution in [-0.4, -0.2) is 72.8 Å². The first kappa shape index (κ1) is 20.4. The molecule has 1 aliphatic heterocycles. The van der Waals surface area contributed by atoms with Gasteiger partial charge in [0.05, 0.1) is 6.04 Å². The summed E-state index contributed by atoms with van der Waals surface area (Å²) in [5.41, 5.74) is 5.79. The predicted molar refractivity (Wildman–Crippen MR) is 104 cm³/mol. The Bertz CT molecular complexity index is 946. The van der Waals surface area contributed by atoms with E-state index >= 15 is 0 Å². The molecule has 0 aliphatic carbocycles. The van der Waals surface area contributed by atoms with Gasteiger partial charge in [-0.2, -0.15) is 19.3 Å². The van der Waals surface area contributed by atoms with Gasteiger partial charge in [0.25, 0.3) is 0 Å². The second-order valence-electron chi connectivity index (χ2n) is 6.79. The third-order valence-corrected chi connectivity index (χ3v) is 6.64. The zero-order valence-electron chi connectivity index (χ0n) is 16.1. The molecule has 28 heavy (non-hydrogen) atoms. The highest BCUT2D eigenvalue weighted by Crippen LogP contribution is 2.24. The van der Waals surface area contributed by atoms with E-state index in [1.807, 2.05) is 21.0 Å². The topological polar surface area (TPSA) is 109 Å². The van der Waals surface area contributed by atoms with Crippen LogP contribution in [-0.2, 0) is 10.0 Å². The molecule has 2 N–H and O–H groups in total. The molecule has 11 heteroatoms. The maximum Gasteiger partial charge on any atom is 0.246 e. The van der Waals surface area contributed by atoms with Crippen molar-refractivity contribution in [3.05, 3.63) is 35.9 Å². The summed E-state index contributed by atoms with van der Waals surface area (Å²) in [6.45, 7) is 3.38. The third kappa shape index (κ3) is 4.05. The normalized spacial score (nSPS) is 17.4. The Morgan fingerprint density at radius 2 is 1.75 bits per heavy atom. The van der Waals surface area contributed by atoms with Crippen LogP contribution < -0.4 is 10.6 Å². The van der Waals surface area contributed by atoms with Gasteiger partial charge in [-0.15, -0.1) is 0 Å². The van der Waals surface area contributed by atoms with E-state index in [4.69, 9.17) is 5.73 Å². The molecule has 1 saturated heterocycles. The fraction of sp³-hybridized carbons (Fsp3) is 0.471. The first-order valence-corrected chi connectivity index (χ1v) is 10.3. The molecule has 3 rings (SSSR count). The van der Waals surface area contributed by atoms with Crippen molar-refractivity contribution in [1.29, 1.82) is 0 Å². The molecule has 1 fully saturated rings. The zero-order valence-corrected chi connectivity index (χ0v) is 16.9. The average Bonchev–Trinajstić information content (AvgIpc) is 2.67. The van der Waals surface area contributed by atoms with Crippen LogP contribution in [0.2, 0.25) is 0 Å². The van der Waals surface area contributed by atoms with Crippen LogP contribution in [0.4, 0.5) is 16.3 Å². The fourth-order valence-corrected chi connectivity index (χ4v) is 4.56. The summed E-state index contributed by atoms with van der Waals surface area (Å²) in [4.78, 5) is 16.3. The predicted octanol–water partition coefficient (Wildman–Crippen LogP) is 0.726. The summed E-state index contributed by atoms with van der Waals surface area (Å²) in [7, 11) is -0.237. The number of nitrogens with two attached hydrogens (primary N) is 1. The van der Waals surface area contributed by atoms with Gasteiger partial charge in [0, 0.05) is 40.3 Å². The molecular formula is C17H24FN7O2S. The Morgan fingerprint density at radius 3 is 2.36 bits per heavy atom. The van der Waals surface area contributed by atoms with Gasteiger partial charge in [-0.05, 0) is 19.1 Å². The van der Waals surface area contributed by atoms with Crippen LogP contribution in [0.15, 0.2) is 29.2 Å². The Kier molecular flexibility index (Phi) is 5.77.